The lowest BCUT2D eigenvalue weighted by atomic mass is 13.8. The molecule has 44 valence electrons. The summed E-state index contributed by atoms with van der Waals surface area (Å²) < 4.78 is 4.62. The Bertz CT molecular complexity index is 48.1. The zero-order valence-electron chi connectivity index (χ0n) is 3.92. The van der Waals surface area contributed by atoms with Crippen molar-refractivity contribution in [2.24, 2.45) is 21.6 Å². The van der Waals surface area contributed by atoms with Crippen molar-refractivity contribution < 1.29 is 4.12 Å². The summed E-state index contributed by atoms with van der Waals surface area (Å²) in [5, 5.41) is 20.2. The first kappa shape index (κ1) is 7.23. The number of nitrogens with two attached hydrogens (primary N) is 4. The van der Waals surface area contributed by atoms with E-state index in [0.717, 1.165) is 0 Å². The normalized spacial score (nSPS) is 13.7. The smallest absolute Gasteiger partial charge is 0.414 e. The molecule has 0 aliphatic heterocycles. The average Bonchev–Trinajstić information content (AvgIpc) is 1.30. The van der Waals surface area contributed by atoms with E-state index in [1.807, 2.05) is 0 Å². The second-order valence-corrected chi connectivity index (χ2v) is 4.36. The predicted octanol–water partition coefficient (Wildman–Crippen LogP) is -3.73. The zero-order chi connectivity index (χ0) is 5.91. The molecule has 0 rings (SSSR count). The van der Waals surface area contributed by atoms with Gasteiger partial charge in [0.05, 0.1) is 0 Å². The summed E-state index contributed by atoms with van der Waals surface area (Å²) in [6.07, 6.45) is 0. The van der Waals surface area contributed by atoms with Gasteiger partial charge in [-0.1, -0.05) is 0 Å². The van der Waals surface area contributed by atoms with Crippen LogP contribution in [0.4, 0.5) is 0 Å². The van der Waals surface area contributed by atoms with Crippen LogP contribution in [0.25, 0.3) is 0 Å². The summed E-state index contributed by atoms with van der Waals surface area (Å²) in [6, 6.07) is 0. The van der Waals surface area contributed by atoms with E-state index in [4.69, 9.17) is 21.6 Å². The molecule has 0 bridgehead atoms. The molecular weight excluding hydrogens is 128 g/mol. The quantitative estimate of drug-likeness (QED) is 0.293. The summed E-state index contributed by atoms with van der Waals surface area (Å²) in [4.78, 5) is 0. The Balaban J connectivity index is 3.15. The molecule has 5 nitrogen and oxygen atoms in total. The van der Waals surface area contributed by atoms with Crippen LogP contribution < -0.4 is 21.6 Å². The van der Waals surface area contributed by atoms with Crippen molar-refractivity contribution in [2.75, 3.05) is 0 Å². The first-order chi connectivity index (χ1) is 3.06. The summed E-state index contributed by atoms with van der Waals surface area (Å²) in [5.74, 6) is 0. The molecule has 0 saturated heterocycles. The van der Waals surface area contributed by atoms with Crippen molar-refractivity contribution in [1.82, 2.24) is 0 Å². The molecule has 0 spiro atoms. The molecule has 0 aliphatic carbocycles. The molecular formula is H10N4OSi2. The maximum atomic E-state index is 5.07. The first-order valence-electron chi connectivity index (χ1n) is 1.77. The maximum Gasteiger partial charge on any atom is 0.421 e. The van der Waals surface area contributed by atoms with Crippen LogP contribution in [0.1, 0.15) is 0 Å². The third-order valence-corrected chi connectivity index (χ3v) is 3.00. The van der Waals surface area contributed by atoms with Gasteiger partial charge in [-0.2, -0.15) is 0 Å². The first-order valence-corrected chi connectivity index (χ1v) is 5.30. The molecule has 0 aromatic carbocycles. The third kappa shape index (κ3) is 6.23. The van der Waals surface area contributed by atoms with E-state index in [1.165, 1.54) is 0 Å². The van der Waals surface area contributed by atoms with Crippen molar-refractivity contribution in [3.05, 3.63) is 0 Å². The monoisotopic (exact) mass is 138 g/mol. The van der Waals surface area contributed by atoms with Gasteiger partial charge in [0, 0.05) is 0 Å². The molecule has 7 heteroatoms. The van der Waals surface area contributed by atoms with Gasteiger partial charge in [0.15, 0.2) is 0 Å². The van der Waals surface area contributed by atoms with Crippen LogP contribution >= 0.6 is 0 Å². The predicted molar refractivity (Wildman–Crippen MR) is 32.1 cm³/mol. The molecule has 0 fully saturated rings. The van der Waals surface area contributed by atoms with Crippen LogP contribution in [-0.4, -0.2) is 18.7 Å². The SMILES string of the molecule is N[SiH2]O[Si](N)(N)N. The topological polar surface area (TPSA) is 113 Å². The van der Waals surface area contributed by atoms with Gasteiger partial charge in [0.1, 0.15) is 0 Å². The Hall–Kier alpha value is 0.234. The Kier molecular flexibility index (Phi) is 2.60. The molecule has 0 saturated carbocycles. The van der Waals surface area contributed by atoms with Gasteiger partial charge in [0.2, 0.25) is 9.92 Å². The minimum absolute atomic E-state index is 1.00. The fourth-order valence-electron chi connectivity index (χ4n) is 0.144. The Morgan fingerprint density at radius 3 is 1.71 bits per heavy atom. The highest BCUT2D eigenvalue weighted by atomic mass is 28.4. The zero-order valence-corrected chi connectivity index (χ0v) is 6.34. The summed E-state index contributed by atoms with van der Waals surface area (Å²) in [6.45, 7) is 0. The Morgan fingerprint density at radius 2 is 1.71 bits per heavy atom. The van der Waals surface area contributed by atoms with E-state index in [1.54, 1.807) is 0 Å². The van der Waals surface area contributed by atoms with Gasteiger partial charge >= 0.3 is 8.80 Å². The molecule has 0 amide bonds. The molecule has 7 heavy (non-hydrogen) atoms. The summed E-state index contributed by atoms with van der Waals surface area (Å²) >= 11 is 0. The Labute approximate surface area is 45.4 Å². The summed E-state index contributed by atoms with van der Waals surface area (Å²) in [7, 11) is -3.72. The molecule has 8 N–H and O–H groups in total. The van der Waals surface area contributed by atoms with Crippen LogP contribution in [0.5, 0.6) is 0 Å². The summed E-state index contributed by atoms with van der Waals surface area (Å²) in [5.41, 5.74) is 0. The van der Waals surface area contributed by atoms with Crippen LogP contribution in [0.3, 0.4) is 0 Å². The highest BCUT2D eigenvalue weighted by Crippen LogP contribution is 1.65. The lowest BCUT2D eigenvalue weighted by Gasteiger charge is -2.11. The molecule has 0 aromatic rings. The largest absolute Gasteiger partial charge is 0.421 e. The number of hydrogen-bond acceptors (Lipinski definition) is 5. The van der Waals surface area contributed by atoms with Crippen molar-refractivity contribution in [2.45, 2.75) is 0 Å². The molecule has 0 heterocycles. The lowest BCUT2D eigenvalue weighted by Crippen LogP contribution is -2.68. The lowest BCUT2D eigenvalue weighted by molar-refractivity contribution is 0.574. The van der Waals surface area contributed by atoms with E-state index in [9.17, 15) is 0 Å². The molecule has 0 atom stereocenters. The van der Waals surface area contributed by atoms with E-state index < -0.39 is 18.7 Å². The second kappa shape index (κ2) is 2.52. The van der Waals surface area contributed by atoms with Crippen LogP contribution in [0.2, 0.25) is 0 Å². The van der Waals surface area contributed by atoms with E-state index in [0.29, 0.717) is 0 Å². The van der Waals surface area contributed by atoms with Gasteiger partial charge in [0.25, 0.3) is 0 Å². The number of rotatable bonds is 2. The number of hydrogen-bond donors (Lipinski definition) is 4. The van der Waals surface area contributed by atoms with Crippen molar-refractivity contribution in [3.63, 3.8) is 0 Å². The van der Waals surface area contributed by atoms with Crippen molar-refractivity contribution in [3.8, 4) is 0 Å². The fourth-order valence-corrected chi connectivity index (χ4v) is 1.30. The fraction of sp³-hybridized carbons (Fsp3) is 0. The van der Waals surface area contributed by atoms with E-state index in [-0.39, 0.29) is 0 Å². The highest BCUT2D eigenvalue weighted by molar-refractivity contribution is 6.68. The molecule has 0 unspecified atom stereocenters. The molecule has 0 aliphatic rings. The van der Waals surface area contributed by atoms with Crippen molar-refractivity contribution in [1.29, 1.82) is 0 Å². The standard InChI is InChI=1S/H10N4OSi2/c1-6-5-7(2,3)4/h1-4,6H2. The van der Waals surface area contributed by atoms with Crippen LogP contribution in [0, 0.1) is 0 Å². The highest BCUT2D eigenvalue weighted by Gasteiger charge is 2.16. The average molecular weight is 138 g/mol. The van der Waals surface area contributed by atoms with Gasteiger partial charge in [-0.25, -0.2) is 0 Å². The second-order valence-electron chi connectivity index (χ2n) is 1.16. The van der Waals surface area contributed by atoms with Gasteiger partial charge in [-0.15, -0.1) is 0 Å². The van der Waals surface area contributed by atoms with Crippen LogP contribution in [0.15, 0.2) is 0 Å². The Morgan fingerprint density at radius 1 is 1.29 bits per heavy atom. The molecule has 0 radical (unpaired) electrons. The van der Waals surface area contributed by atoms with Crippen molar-refractivity contribution >= 4 is 18.7 Å². The third-order valence-electron chi connectivity index (χ3n) is 0.333. The van der Waals surface area contributed by atoms with Gasteiger partial charge in [-0.05, 0) is 0 Å². The van der Waals surface area contributed by atoms with Crippen LogP contribution in [-0.2, 0) is 4.12 Å². The molecule has 0 aromatic heterocycles. The minimum atomic E-state index is -2.72. The van der Waals surface area contributed by atoms with E-state index in [2.05, 4.69) is 4.12 Å². The maximum absolute atomic E-state index is 5.07. The minimum Gasteiger partial charge on any atom is -0.414 e. The van der Waals surface area contributed by atoms with Gasteiger partial charge in [-0.3, -0.25) is 0 Å². The van der Waals surface area contributed by atoms with E-state index >= 15 is 0 Å². The van der Waals surface area contributed by atoms with Gasteiger partial charge < -0.3 is 25.7 Å².